The zero-order chi connectivity index (χ0) is 12.7. The average Bonchev–Trinajstić information content (AvgIpc) is 2.34. The van der Waals surface area contributed by atoms with E-state index in [4.69, 9.17) is 10.2 Å². The Bertz CT molecular complexity index is 339. The molecule has 0 aromatic heterocycles. The van der Waals surface area contributed by atoms with Crippen LogP contribution in [0, 0.1) is 6.92 Å². The second-order valence-electron chi connectivity index (χ2n) is 4.33. The van der Waals surface area contributed by atoms with E-state index in [9.17, 15) is 0 Å². The molecule has 1 aromatic carbocycles. The number of hydrogen-bond donors (Lipinski definition) is 2. The first-order valence-electron chi connectivity index (χ1n) is 6.29. The molecule has 96 valence electrons. The van der Waals surface area contributed by atoms with Gasteiger partial charge in [0.1, 0.15) is 0 Å². The number of hydrogen-bond acceptors (Lipinski definition) is 3. The molecule has 0 saturated heterocycles. The Morgan fingerprint density at radius 1 is 1.18 bits per heavy atom. The summed E-state index contributed by atoms with van der Waals surface area (Å²) in [6.45, 7) is 6.06. The van der Waals surface area contributed by atoms with Crippen LogP contribution in [0.15, 0.2) is 18.2 Å². The number of rotatable bonds is 7. The van der Waals surface area contributed by atoms with Crippen LogP contribution in [0.4, 0.5) is 5.69 Å². The van der Waals surface area contributed by atoms with Crippen molar-refractivity contribution >= 4 is 5.69 Å². The van der Waals surface area contributed by atoms with Crippen molar-refractivity contribution in [3.8, 4) is 0 Å². The highest BCUT2D eigenvalue weighted by Crippen LogP contribution is 2.19. The predicted molar refractivity (Wildman–Crippen MR) is 71.3 cm³/mol. The first kappa shape index (κ1) is 14.0. The summed E-state index contributed by atoms with van der Waals surface area (Å²) in [5.41, 5.74) is 3.19. The van der Waals surface area contributed by atoms with Gasteiger partial charge in [-0.1, -0.05) is 19.4 Å². The molecule has 0 radical (unpaired) electrons. The largest absolute Gasteiger partial charge is 0.395 e. The molecule has 0 aliphatic rings. The molecule has 17 heavy (non-hydrogen) atoms. The van der Waals surface area contributed by atoms with Gasteiger partial charge in [0, 0.05) is 18.8 Å². The standard InChI is InChI=1S/C14H23NO2/c1-3-4-7-15(8-9-16)14-6-5-13(11-17)12(2)10-14/h5-6,10,16-17H,3-4,7-9,11H2,1-2H3. The molecule has 1 aromatic rings. The number of anilines is 1. The van der Waals surface area contributed by atoms with Crippen molar-refractivity contribution in [2.75, 3.05) is 24.6 Å². The van der Waals surface area contributed by atoms with E-state index in [1.54, 1.807) is 0 Å². The Labute approximate surface area is 104 Å². The van der Waals surface area contributed by atoms with Crippen LogP contribution >= 0.6 is 0 Å². The normalized spacial score (nSPS) is 10.6. The van der Waals surface area contributed by atoms with E-state index in [2.05, 4.69) is 17.9 Å². The molecule has 0 unspecified atom stereocenters. The van der Waals surface area contributed by atoms with Crippen LogP contribution in [0.25, 0.3) is 0 Å². The van der Waals surface area contributed by atoms with Crippen LogP contribution in [0.3, 0.4) is 0 Å². The third kappa shape index (κ3) is 4.02. The zero-order valence-electron chi connectivity index (χ0n) is 10.8. The number of unbranched alkanes of at least 4 members (excludes halogenated alkanes) is 1. The molecule has 0 fully saturated rings. The zero-order valence-corrected chi connectivity index (χ0v) is 10.8. The van der Waals surface area contributed by atoms with Crippen LogP contribution in [0.5, 0.6) is 0 Å². The van der Waals surface area contributed by atoms with Crippen molar-refractivity contribution in [3.05, 3.63) is 29.3 Å². The van der Waals surface area contributed by atoms with E-state index >= 15 is 0 Å². The van der Waals surface area contributed by atoms with Crippen LogP contribution in [0.1, 0.15) is 30.9 Å². The third-order valence-electron chi connectivity index (χ3n) is 3.01. The van der Waals surface area contributed by atoms with E-state index in [0.717, 1.165) is 36.2 Å². The average molecular weight is 237 g/mol. The molecular formula is C14H23NO2. The van der Waals surface area contributed by atoms with Crippen LogP contribution < -0.4 is 4.90 Å². The summed E-state index contributed by atoms with van der Waals surface area (Å²) in [4.78, 5) is 2.19. The van der Waals surface area contributed by atoms with E-state index in [0.29, 0.717) is 6.54 Å². The summed E-state index contributed by atoms with van der Waals surface area (Å²) >= 11 is 0. The maximum Gasteiger partial charge on any atom is 0.0684 e. The second kappa shape index (κ2) is 7.30. The molecule has 0 aliphatic carbocycles. The minimum absolute atomic E-state index is 0.0844. The van der Waals surface area contributed by atoms with E-state index < -0.39 is 0 Å². The minimum atomic E-state index is 0.0844. The summed E-state index contributed by atoms with van der Waals surface area (Å²) in [7, 11) is 0. The van der Waals surface area contributed by atoms with Gasteiger partial charge < -0.3 is 15.1 Å². The predicted octanol–water partition coefficient (Wildman–Crippen LogP) is 2.09. The van der Waals surface area contributed by atoms with Gasteiger partial charge >= 0.3 is 0 Å². The Morgan fingerprint density at radius 2 is 1.94 bits per heavy atom. The van der Waals surface area contributed by atoms with Gasteiger partial charge in [0.25, 0.3) is 0 Å². The molecule has 1 rings (SSSR count). The summed E-state index contributed by atoms with van der Waals surface area (Å²) in [6.07, 6.45) is 2.27. The Balaban J connectivity index is 2.82. The summed E-state index contributed by atoms with van der Waals surface area (Å²) < 4.78 is 0. The molecule has 0 spiro atoms. The van der Waals surface area contributed by atoms with Crippen LogP contribution in [0.2, 0.25) is 0 Å². The number of aliphatic hydroxyl groups excluding tert-OH is 2. The molecule has 0 atom stereocenters. The minimum Gasteiger partial charge on any atom is -0.395 e. The van der Waals surface area contributed by atoms with Gasteiger partial charge in [-0.15, -0.1) is 0 Å². The van der Waals surface area contributed by atoms with Crippen molar-refractivity contribution in [2.45, 2.75) is 33.3 Å². The first-order chi connectivity index (χ1) is 8.22. The molecule has 0 amide bonds. The van der Waals surface area contributed by atoms with Crippen molar-refractivity contribution < 1.29 is 10.2 Å². The van der Waals surface area contributed by atoms with Gasteiger partial charge in [0.2, 0.25) is 0 Å². The van der Waals surface area contributed by atoms with Gasteiger partial charge in [-0.05, 0) is 36.6 Å². The Kier molecular flexibility index (Phi) is 6.01. The molecule has 0 aliphatic heterocycles. The Hall–Kier alpha value is -1.06. The van der Waals surface area contributed by atoms with Crippen molar-refractivity contribution in [3.63, 3.8) is 0 Å². The lowest BCUT2D eigenvalue weighted by Gasteiger charge is -2.24. The second-order valence-corrected chi connectivity index (χ2v) is 4.33. The summed E-state index contributed by atoms with van der Waals surface area (Å²) in [5, 5.41) is 18.2. The fourth-order valence-electron chi connectivity index (χ4n) is 1.89. The van der Waals surface area contributed by atoms with Gasteiger partial charge in [0.15, 0.2) is 0 Å². The smallest absolute Gasteiger partial charge is 0.0684 e. The molecule has 2 N–H and O–H groups in total. The Morgan fingerprint density at radius 3 is 2.47 bits per heavy atom. The number of aryl methyl sites for hydroxylation is 1. The van der Waals surface area contributed by atoms with Gasteiger partial charge in [-0.25, -0.2) is 0 Å². The topological polar surface area (TPSA) is 43.7 Å². The maximum absolute atomic E-state index is 9.14. The van der Waals surface area contributed by atoms with Gasteiger partial charge in [-0.3, -0.25) is 0 Å². The van der Waals surface area contributed by atoms with Gasteiger partial charge in [0.05, 0.1) is 13.2 Å². The van der Waals surface area contributed by atoms with Crippen molar-refractivity contribution in [1.29, 1.82) is 0 Å². The summed E-state index contributed by atoms with van der Waals surface area (Å²) in [5.74, 6) is 0. The molecule has 3 nitrogen and oxygen atoms in total. The fourth-order valence-corrected chi connectivity index (χ4v) is 1.89. The molecule has 0 heterocycles. The van der Waals surface area contributed by atoms with Crippen LogP contribution in [-0.2, 0) is 6.61 Å². The molecule has 0 saturated carbocycles. The number of nitrogens with zero attached hydrogens (tertiary/aromatic N) is 1. The highest BCUT2D eigenvalue weighted by molar-refractivity contribution is 5.50. The molecule has 3 heteroatoms. The lowest BCUT2D eigenvalue weighted by Crippen LogP contribution is -2.27. The lowest BCUT2D eigenvalue weighted by atomic mass is 10.1. The van der Waals surface area contributed by atoms with Crippen LogP contribution in [-0.4, -0.2) is 29.9 Å². The number of aliphatic hydroxyl groups is 2. The molecular weight excluding hydrogens is 214 g/mol. The highest BCUT2D eigenvalue weighted by atomic mass is 16.3. The first-order valence-corrected chi connectivity index (χ1v) is 6.29. The van der Waals surface area contributed by atoms with Gasteiger partial charge in [-0.2, -0.15) is 0 Å². The quantitative estimate of drug-likeness (QED) is 0.763. The maximum atomic E-state index is 9.14. The highest BCUT2D eigenvalue weighted by Gasteiger charge is 2.07. The van der Waals surface area contributed by atoms with Crippen molar-refractivity contribution in [1.82, 2.24) is 0 Å². The monoisotopic (exact) mass is 237 g/mol. The SMILES string of the molecule is CCCCN(CCO)c1ccc(CO)c(C)c1. The van der Waals surface area contributed by atoms with E-state index in [-0.39, 0.29) is 13.2 Å². The van der Waals surface area contributed by atoms with E-state index in [1.807, 2.05) is 19.1 Å². The molecule has 0 bridgehead atoms. The van der Waals surface area contributed by atoms with E-state index in [1.165, 1.54) is 0 Å². The fraction of sp³-hybridized carbons (Fsp3) is 0.571. The lowest BCUT2D eigenvalue weighted by molar-refractivity contribution is 0.281. The van der Waals surface area contributed by atoms with Crippen molar-refractivity contribution in [2.24, 2.45) is 0 Å². The summed E-state index contributed by atoms with van der Waals surface area (Å²) in [6, 6.07) is 6.06. The third-order valence-corrected chi connectivity index (χ3v) is 3.01. The number of benzene rings is 1.